The first-order chi connectivity index (χ1) is 10.3. The molecule has 1 aliphatic rings. The molecule has 0 spiro atoms. The van der Waals surface area contributed by atoms with Crippen LogP contribution in [-0.2, 0) is 10.0 Å². The van der Waals surface area contributed by atoms with E-state index in [4.69, 9.17) is 5.11 Å². The van der Waals surface area contributed by atoms with Gasteiger partial charge in [-0.1, -0.05) is 6.07 Å². The highest BCUT2D eigenvalue weighted by atomic mass is 32.2. The van der Waals surface area contributed by atoms with E-state index in [9.17, 15) is 18.0 Å². The predicted octanol–water partition coefficient (Wildman–Crippen LogP) is 0.539. The van der Waals surface area contributed by atoms with Gasteiger partial charge in [0.05, 0.1) is 11.8 Å². The number of aromatic carboxylic acids is 1. The molecule has 0 saturated carbocycles. The smallest absolute Gasteiger partial charge is 0.335 e. The zero-order valence-electron chi connectivity index (χ0n) is 12.2. The number of amides is 1. The molecule has 7 nitrogen and oxygen atoms in total. The number of sulfonamides is 1. The van der Waals surface area contributed by atoms with E-state index in [2.05, 4.69) is 5.32 Å². The molecule has 1 aromatic carbocycles. The second-order valence-electron chi connectivity index (χ2n) is 5.30. The number of carboxylic acid groups (broad SMARTS) is 1. The van der Waals surface area contributed by atoms with E-state index < -0.39 is 16.0 Å². The molecule has 1 amide bonds. The van der Waals surface area contributed by atoms with Gasteiger partial charge in [0.25, 0.3) is 5.91 Å². The van der Waals surface area contributed by atoms with E-state index in [0.29, 0.717) is 25.9 Å². The second kappa shape index (κ2) is 6.45. The summed E-state index contributed by atoms with van der Waals surface area (Å²) in [5, 5.41) is 11.7. The number of benzene rings is 1. The molecule has 0 aliphatic carbocycles. The molecule has 22 heavy (non-hydrogen) atoms. The zero-order valence-corrected chi connectivity index (χ0v) is 13.0. The van der Waals surface area contributed by atoms with Gasteiger partial charge in [0, 0.05) is 24.7 Å². The Hall–Kier alpha value is -1.93. The van der Waals surface area contributed by atoms with Crippen molar-refractivity contribution < 1.29 is 23.1 Å². The summed E-state index contributed by atoms with van der Waals surface area (Å²) in [5.41, 5.74) is 0.338. The average molecular weight is 326 g/mol. The predicted molar refractivity (Wildman–Crippen MR) is 80.3 cm³/mol. The summed E-state index contributed by atoms with van der Waals surface area (Å²) in [4.78, 5) is 23.0. The molecule has 2 N–H and O–H groups in total. The lowest BCUT2D eigenvalue weighted by molar-refractivity contribution is 0.0697. The van der Waals surface area contributed by atoms with E-state index in [1.807, 2.05) is 0 Å². The van der Waals surface area contributed by atoms with Crippen LogP contribution in [0.3, 0.4) is 0 Å². The number of hydrogen-bond donors (Lipinski definition) is 2. The SMILES string of the molecule is CS(=O)(=O)N1CCC(NC(=O)c2cccc(C(=O)O)c2)CC1. The molecular formula is C14H18N2O5S. The molecule has 0 radical (unpaired) electrons. The Morgan fingerprint density at radius 1 is 1.23 bits per heavy atom. The van der Waals surface area contributed by atoms with E-state index >= 15 is 0 Å². The van der Waals surface area contributed by atoms with Crippen LogP contribution in [0, 0.1) is 0 Å². The van der Waals surface area contributed by atoms with Crippen LogP contribution in [0.1, 0.15) is 33.6 Å². The first-order valence-electron chi connectivity index (χ1n) is 6.87. The molecule has 1 aromatic rings. The molecule has 0 unspecified atom stereocenters. The van der Waals surface area contributed by atoms with Gasteiger partial charge >= 0.3 is 5.97 Å². The van der Waals surface area contributed by atoms with E-state index in [1.54, 1.807) is 6.07 Å². The van der Waals surface area contributed by atoms with Crippen LogP contribution < -0.4 is 5.32 Å². The Balaban J connectivity index is 1.96. The van der Waals surface area contributed by atoms with Crippen LogP contribution in [0.25, 0.3) is 0 Å². The third-order valence-electron chi connectivity index (χ3n) is 3.63. The normalized spacial score (nSPS) is 17.1. The van der Waals surface area contributed by atoms with E-state index in [-0.39, 0.29) is 23.1 Å². The van der Waals surface area contributed by atoms with Gasteiger partial charge < -0.3 is 10.4 Å². The molecule has 0 bridgehead atoms. The van der Waals surface area contributed by atoms with Gasteiger partial charge in [0.2, 0.25) is 10.0 Å². The van der Waals surface area contributed by atoms with Gasteiger partial charge in [-0.3, -0.25) is 4.79 Å². The van der Waals surface area contributed by atoms with Gasteiger partial charge in [0.15, 0.2) is 0 Å². The number of carboxylic acids is 1. The molecule has 120 valence electrons. The summed E-state index contributed by atoms with van der Waals surface area (Å²) < 4.78 is 24.2. The Labute approximate surface area is 129 Å². The summed E-state index contributed by atoms with van der Waals surface area (Å²) in [6, 6.07) is 5.70. The molecule has 0 aromatic heterocycles. The minimum absolute atomic E-state index is 0.0551. The van der Waals surface area contributed by atoms with Crippen LogP contribution in [0.5, 0.6) is 0 Å². The van der Waals surface area contributed by atoms with Crippen molar-refractivity contribution in [3.8, 4) is 0 Å². The van der Waals surface area contributed by atoms with Crippen LogP contribution in [0.2, 0.25) is 0 Å². The van der Waals surface area contributed by atoms with Crippen molar-refractivity contribution in [2.24, 2.45) is 0 Å². The molecule has 1 saturated heterocycles. The third-order valence-corrected chi connectivity index (χ3v) is 4.93. The summed E-state index contributed by atoms with van der Waals surface area (Å²) in [6.07, 6.45) is 2.25. The Kier molecular flexibility index (Phi) is 4.82. The van der Waals surface area contributed by atoms with Gasteiger partial charge in [-0.05, 0) is 31.0 Å². The highest BCUT2D eigenvalue weighted by Gasteiger charge is 2.26. The van der Waals surface area contributed by atoms with Crippen molar-refractivity contribution in [1.29, 1.82) is 0 Å². The van der Waals surface area contributed by atoms with Crippen LogP contribution in [-0.4, -0.2) is 55.1 Å². The van der Waals surface area contributed by atoms with Crippen LogP contribution >= 0.6 is 0 Å². The largest absolute Gasteiger partial charge is 0.478 e. The second-order valence-corrected chi connectivity index (χ2v) is 7.28. The van der Waals surface area contributed by atoms with E-state index in [0.717, 1.165) is 0 Å². The van der Waals surface area contributed by atoms with Crippen LogP contribution in [0.15, 0.2) is 24.3 Å². The van der Waals surface area contributed by atoms with Crippen molar-refractivity contribution in [3.05, 3.63) is 35.4 Å². The highest BCUT2D eigenvalue weighted by molar-refractivity contribution is 7.88. The fraction of sp³-hybridized carbons (Fsp3) is 0.429. The number of carbonyl (C=O) groups excluding carboxylic acids is 1. The summed E-state index contributed by atoms with van der Waals surface area (Å²) in [6.45, 7) is 0.748. The number of nitrogens with zero attached hydrogens (tertiary/aromatic N) is 1. The average Bonchev–Trinajstić information content (AvgIpc) is 2.47. The number of piperidine rings is 1. The zero-order chi connectivity index (χ0) is 16.3. The maximum atomic E-state index is 12.1. The lowest BCUT2D eigenvalue weighted by atomic mass is 10.1. The monoisotopic (exact) mass is 326 g/mol. The topological polar surface area (TPSA) is 104 Å². The first kappa shape index (κ1) is 16.4. The van der Waals surface area contributed by atoms with Gasteiger partial charge in [0.1, 0.15) is 0 Å². The van der Waals surface area contributed by atoms with Gasteiger partial charge in [-0.2, -0.15) is 0 Å². The number of hydrogen-bond acceptors (Lipinski definition) is 4. The minimum atomic E-state index is -3.19. The third kappa shape index (κ3) is 4.05. The number of nitrogens with one attached hydrogen (secondary N) is 1. The molecular weight excluding hydrogens is 308 g/mol. The molecule has 1 heterocycles. The van der Waals surface area contributed by atoms with Gasteiger partial charge in [-0.25, -0.2) is 17.5 Å². The summed E-state index contributed by atoms with van der Waals surface area (Å²) in [7, 11) is -3.19. The molecule has 2 rings (SSSR count). The lowest BCUT2D eigenvalue weighted by Gasteiger charge is -2.30. The van der Waals surface area contributed by atoms with E-state index in [1.165, 1.54) is 28.8 Å². The standard InChI is InChI=1S/C14H18N2O5S/c1-22(20,21)16-7-5-12(6-8-16)15-13(17)10-3-2-4-11(9-10)14(18)19/h2-4,9,12H,5-8H2,1H3,(H,15,17)(H,18,19). The van der Waals surface area contributed by atoms with Crippen molar-refractivity contribution in [1.82, 2.24) is 9.62 Å². The fourth-order valence-electron chi connectivity index (χ4n) is 2.39. The van der Waals surface area contributed by atoms with Gasteiger partial charge in [-0.15, -0.1) is 0 Å². The summed E-state index contributed by atoms with van der Waals surface area (Å²) >= 11 is 0. The van der Waals surface area contributed by atoms with Crippen molar-refractivity contribution in [2.45, 2.75) is 18.9 Å². The minimum Gasteiger partial charge on any atom is -0.478 e. The Bertz CT molecular complexity index is 678. The maximum Gasteiger partial charge on any atom is 0.335 e. The lowest BCUT2D eigenvalue weighted by Crippen LogP contribution is -2.46. The molecule has 1 fully saturated rings. The van der Waals surface area contributed by atoms with Crippen molar-refractivity contribution >= 4 is 21.9 Å². The molecule has 1 aliphatic heterocycles. The Morgan fingerprint density at radius 2 is 1.82 bits per heavy atom. The number of rotatable bonds is 4. The summed E-state index contributed by atoms with van der Waals surface area (Å²) in [5.74, 6) is -1.43. The Morgan fingerprint density at radius 3 is 2.36 bits per heavy atom. The molecule has 0 atom stereocenters. The maximum absolute atomic E-state index is 12.1. The quantitative estimate of drug-likeness (QED) is 0.840. The molecule has 8 heteroatoms. The van der Waals surface area contributed by atoms with Crippen LogP contribution in [0.4, 0.5) is 0 Å². The number of carbonyl (C=O) groups is 2. The van der Waals surface area contributed by atoms with Crippen molar-refractivity contribution in [2.75, 3.05) is 19.3 Å². The highest BCUT2D eigenvalue weighted by Crippen LogP contribution is 2.14. The van der Waals surface area contributed by atoms with Crippen molar-refractivity contribution in [3.63, 3.8) is 0 Å². The fourth-order valence-corrected chi connectivity index (χ4v) is 3.27. The first-order valence-corrected chi connectivity index (χ1v) is 8.71.